The van der Waals surface area contributed by atoms with Crippen molar-refractivity contribution in [1.82, 2.24) is 4.90 Å². The van der Waals surface area contributed by atoms with E-state index in [1.165, 1.54) is 0 Å². The highest BCUT2D eigenvalue weighted by atomic mass is 16.2. The number of hydrogen-bond donors (Lipinski definition) is 0. The zero-order chi connectivity index (χ0) is 9.56. The number of carbonyl (C=O) groups is 1. The second-order valence-corrected chi connectivity index (χ2v) is 3.32. The smallest absolute Gasteiger partial charge is 0.223 e. The van der Waals surface area contributed by atoms with Gasteiger partial charge in [0.05, 0.1) is 0 Å². The van der Waals surface area contributed by atoms with Crippen LogP contribution < -0.4 is 0 Å². The van der Waals surface area contributed by atoms with Crippen molar-refractivity contribution in [3.05, 3.63) is 12.7 Å². The van der Waals surface area contributed by atoms with Gasteiger partial charge in [-0.25, -0.2) is 0 Å². The van der Waals surface area contributed by atoms with E-state index >= 15 is 0 Å². The molecule has 0 saturated carbocycles. The molecule has 0 aliphatic carbocycles. The molecule has 70 valence electrons. The molecule has 0 bridgehead atoms. The van der Waals surface area contributed by atoms with E-state index in [0.29, 0.717) is 18.9 Å². The molecule has 0 aliphatic rings. The number of carbonyl (C=O) groups excluding carboxylic acids is 1. The lowest BCUT2D eigenvalue weighted by atomic mass is 10.1. The third-order valence-electron chi connectivity index (χ3n) is 1.67. The van der Waals surface area contributed by atoms with Crippen LogP contribution in [-0.2, 0) is 4.79 Å². The fraction of sp³-hybridized carbons (Fsp3) is 0.700. The Kier molecular flexibility index (Phi) is 5.43. The molecule has 0 spiro atoms. The van der Waals surface area contributed by atoms with Gasteiger partial charge in [0, 0.05) is 19.5 Å². The minimum Gasteiger partial charge on any atom is -0.339 e. The van der Waals surface area contributed by atoms with Crippen molar-refractivity contribution in [2.45, 2.75) is 27.2 Å². The van der Waals surface area contributed by atoms with E-state index in [1.807, 2.05) is 11.8 Å². The van der Waals surface area contributed by atoms with E-state index in [9.17, 15) is 4.79 Å². The van der Waals surface area contributed by atoms with Gasteiger partial charge in [-0.3, -0.25) is 4.79 Å². The first kappa shape index (κ1) is 11.2. The van der Waals surface area contributed by atoms with Crippen LogP contribution in [0.4, 0.5) is 0 Å². The number of hydrogen-bond acceptors (Lipinski definition) is 1. The summed E-state index contributed by atoms with van der Waals surface area (Å²) in [6.07, 6.45) is 2.41. The van der Waals surface area contributed by atoms with Gasteiger partial charge in [-0.15, -0.1) is 6.58 Å². The van der Waals surface area contributed by atoms with Crippen LogP contribution in [0.15, 0.2) is 12.7 Å². The predicted molar refractivity (Wildman–Crippen MR) is 51.9 cm³/mol. The average Bonchev–Trinajstić information content (AvgIpc) is 1.98. The molecule has 0 aromatic heterocycles. The first-order chi connectivity index (χ1) is 5.61. The maximum absolute atomic E-state index is 11.5. The molecule has 0 aromatic carbocycles. The van der Waals surface area contributed by atoms with Crippen LogP contribution in [-0.4, -0.2) is 23.9 Å². The first-order valence-electron chi connectivity index (χ1n) is 4.50. The van der Waals surface area contributed by atoms with Gasteiger partial charge < -0.3 is 4.90 Å². The second-order valence-electron chi connectivity index (χ2n) is 3.32. The van der Waals surface area contributed by atoms with E-state index in [0.717, 1.165) is 6.54 Å². The summed E-state index contributed by atoms with van der Waals surface area (Å²) in [6, 6.07) is 0. The van der Waals surface area contributed by atoms with Crippen molar-refractivity contribution in [3.63, 3.8) is 0 Å². The minimum absolute atomic E-state index is 0.229. The van der Waals surface area contributed by atoms with Crippen molar-refractivity contribution >= 4 is 5.91 Å². The summed E-state index contributed by atoms with van der Waals surface area (Å²) >= 11 is 0. The summed E-state index contributed by atoms with van der Waals surface area (Å²) in [7, 11) is 0. The van der Waals surface area contributed by atoms with E-state index in [2.05, 4.69) is 20.4 Å². The molecule has 0 aromatic rings. The van der Waals surface area contributed by atoms with Gasteiger partial charge in [-0.1, -0.05) is 19.9 Å². The van der Waals surface area contributed by atoms with Crippen LogP contribution in [0.3, 0.4) is 0 Å². The average molecular weight is 169 g/mol. The van der Waals surface area contributed by atoms with Gasteiger partial charge in [0.15, 0.2) is 0 Å². The SMILES string of the molecule is C=CCN(CC)C(=O)CC(C)C. The number of amides is 1. The summed E-state index contributed by atoms with van der Waals surface area (Å²) < 4.78 is 0. The Hall–Kier alpha value is -0.790. The number of likely N-dealkylation sites (N-methyl/N-ethyl adjacent to an activating group) is 1. The zero-order valence-electron chi connectivity index (χ0n) is 8.34. The van der Waals surface area contributed by atoms with Crippen LogP contribution in [0, 0.1) is 5.92 Å². The minimum atomic E-state index is 0.229. The summed E-state index contributed by atoms with van der Waals surface area (Å²) in [5.41, 5.74) is 0. The molecule has 0 heterocycles. The lowest BCUT2D eigenvalue weighted by molar-refractivity contribution is -0.131. The van der Waals surface area contributed by atoms with Gasteiger partial charge >= 0.3 is 0 Å². The molecular formula is C10H19NO. The van der Waals surface area contributed by atoms with E-state index < -0.39 is 0 Å². The molecule has 1 amide bonds. The predicted octanol–water partition coefficient (Wildman–Crippen LogP) is 2.07. The third kappa shape index (κ3) is 4.16. The van der Waals surface area contributed by atoms with Crippen LogP contribution in [0.25, 0.3) is 0 Å². The maximum atomic E-state index is 11.5. The Labute approximate surface area is 75.3 Å². The Bertz CT molecular complexity index is 152. The molecule has 0 radical (unpaired) electrons. The van der Waals surface area contributed by atoms with Crippen molar-refractivity contribution in [1.29, 1.82) is 0 Å². The quantitative estimate of drug-likeness (QED) is 0.577. The van der Waals surface area contributed by atoms with Crippen molar-refractivity contribution in [2.75, 3.05) is 13.1 Å². The molecule has 12 heavy (non-hydrogen) atoms. The molecule has 0 rings (SSSR count). The van der Waals surface area contributed by atoms with Crippen molar-refractivity contribution in [2.24, 2.45) is 5.92 Å². The Morgan fingerprint density at radius 1 is 1.58 bits per heavy atom. The largest absolute Gasteiger partial charge is 0.339 e. The van der Waals surface area contributed by atoms with Crippen LogP contribution in [0.2, 0.25) is 0 Å². The second kappa shape index (κ2) is 5.81. The van der Waals surface area contributed by atoms with Crippen molar-refractivity contribution < 1.29 is 4.79 Å². The fourth-order valence-corrected chi connectivity index (χ4v) is 1.04. The van der Waals surface area contributed by atoms with Gasteiger partial charge in [0.1, 0.15) is 0 Å². The maximum Gasteiger partial charge on any atom is 0.223 e. The van der Waals surface area contributed by atoms with E-state index in [-0.39, 0.29) is 5.91 Å². The summed E-state index contributed by atoms with van der Waals surface area (Å²) in [4.78, 5) is 13.3. The van der Waals surface area contributed by atoms with Gasteiger partial charge in [-0.05, 0) is 12.8 Å². The van der Waals surface area contributed by atoms with E-state index in [4.69, 9.17) is 0 Å². The topological polar surface area (TPSA) is 20.3 Å². The molecular weight excluding hydrogens is 150 g/mol. The lowest BCUT2D eigenvalue weighted by Gasteiger charge is -2.19. The van der Waals surface area contributed by atoms with Crippen molar-refractivity contribution in [3.8, 4) is 0 Å². The number of nitrogens with zero attached hydrogens (tertiary/aromatic N) is 1. The highest BCUT2D eigenvalue weighted by Gasteiger charge is 2.10. The molecule has 0 aliphatic heterocycles. The number of rotatable bonds is 5. The monoisotopic (exact) mass is 169 g/mol. The molecule has 0 fully saturated rings. The Balaban J connectivity index is 3.93. The van der Waals surface area contributed by atoms with Gasteiger partial charge in [0.2, 0.25) is 5.91 Å². The zero-order valence-corrected chi connectivity index (χ0v) is 8.34. The molecule has 0 N–H and O–H groups in total. The van der Waals surface area contributed by atoms with Crippen LogP contribution >= 0.6 is 0 Å². The lowest BCUT2D eigenvalue weighted by Crippen LogP contribution is -2.31. The summed E-state index contributed by atoms with van der Waals surface area (Å²) in [5.74, 6) is 0.670. The summed E-state index contributed by atoms with van der Waals surface area (Å²) in [6.45, 7) is 11.2. The molecule has 0 saturated heterocycles. The Morgan fingerprint density at radius 3 is 2.50 bits per heavy atom. The molecule has 2 nitrogen and oxygen atoms in total. The standard InChI is InChI=1S/C10H19NO/c1-5-7-11(6-2)10(12)8-9(3)4/h5,9H,1,6-8H2,2-4H3. The highest BCUT2D eigenvalue weighted by Crippen LogP contribution is 2.03. The fourth-order valence-electron chi connectivity index (χ4n) is 1.04. The van der Waals surface area contributed by atoms with Crippen LogP contribution in [0.1, 0.15) is 27.2 Å². The van der Waals surface area contributed by atoms with Crippen LogP contribution in [0.5, 0.6) is 0 Å². The van der Waals surface area contributed by atoms with Gasteiger partial charge in [-0.2, -0.15) is 0 Å². The molecule has 0 unspecified atom stereocenters. The normalized spacial score (nSPS) is 10.0. The summed E-state index contributed by atoms with van der Waals surface area (Å²) in [5, 5.41) is 0. The highest BCUT2D eigenvalue weighted by molar-refractivity contribution is 5.76. The molecule has 0 atom stereocenters. The van der Waals surface area contributed by atoms with Gasteiger partial charge in [0.25, 0.3) is 0 Å². The van der Waals surface area contributed by atoms with E-state index in [1.54, 1.807) is 6.08 Å². The Morgan fingerprint density at radius 2 is 2.17 bits per heavy atom. The first-order valence-corrected chi connectivity index (χ1v) is 4.50. The molecule has 2 heteroatoms. The third-order valence-corrected chi connectivity index (χ3v) is 1.67.